The second kappa shape index (κ2) is 7.17. The summed E-state index contributed by atoms with van der Waals surface area (Å²) in [6, 6.07) is 8.59. The summed E-state index contributed by atoms with van der Waals surface area (Å²) >= 11 is 1.72. The van der Waals surface area contributed by atoms with E-state index in [1.807, 2.05) is 13.8 Å². The van der Waals surface area contributed by atoms with Gasteiger partial charge in [-0.2, -0.15) is 11.8 Å². The summed E-state index contributed by atoms with van der Waals surface area (Å²) in [5.41, 5.74) is 8.68. The highest BCUT2D eigenvalue weighted by molar-refractivity contribution is 7.99. The van der Waals surface area contributed by atoms with Crippen molar-refractivity contribution in [2.24, 2.45) is 5.73 Å². The third-order valence-electron chi connectivity index (χ3n) is 3.25. The first-order chi connectivity index (χ1) is 8.41. The number of thioether (sulfide) groups is 1. The maximum Gasteiger partial charge on any atom is 0.0628 e. The summed E-state index contributed by atoms with van der Waals surface area (Å²) in [5, 5.41) is 9.67. The van der Waals surface area contributed by atoms with Gasteiger partial charge in [0.25, 0.3) is 0 Å². The number of hydrogen-bond donors (Lipinski definition) is 2. The fraction of sp³-hybridized carbons (Fsp3) is 0.600. The number of rotatable bonds is 6. The first kappa shape index (κ1) is 15.5. The Hall–Kier alpha value is -0.510. The molecule has 0 amide bonds. The lowest BCUT2D eigenvalue weighted by molar-refractivity contribution is 0.196. The van der Waals surface area contributed by atoms with Gasteiger partial charge in [0, 0.05) is 17.0 Å². The van der Waals surface area contributed by atoms with Gasteiger partial charge in [0.05, 0.1) is 6.10 Å². The molecule has 0 aliphatic heterocycles. The van der Waals surface area contributed by atoms with E-state index in [1.54, 1.807) is 11.8 Å². The predicted octanol–water partition coefficient (Wildman–Crippen LogP) is 3.31. The van der Waals surface area contributed by atoms with E-state index in [0.717, 1.165) is 5.75 Å². The van der Waals surface area contributed by atoms with Crippen molar-refractivity contribution in [1.82, 2.24) is 0 Å². The van der Waals surface area contributed by atoms with Gasteiger partial charge < -0.3 is 10.8 Å². The van der Waals surface area contributed by atoms with Crippen LogP contribution in [0.25, 0.3) is 0 Å². The molecular formula is C15H25NOS. The molecule has 3 N–H and O–H groups in total. The van der Waals surface area contributed by atoms with Crippen LogP contribution in [0, 0.1) is 0 Å². The van der Waals surface area contributed by atoms with Crippen LogP contribution in [0.5, 0.6) is 0 Å². The molecule has 102 valence electrons. The van der Waals surface area contributed by atoms with Crippen molar-refractivity contribution < 1.29 is 5.11 Å². The summed E-state index contributed by atoms with van der Waals surface area (Å²) in [6.07, 6.45) is -0.287. The fourth-order valence-corrected chi connectivity index (χ4v) is 2.60. The van der Waals surface area contributed by atoms with Crippen LogP contribution in [0.1, 0.15) is 50.8 Å². The highest BCUT2D eigenvalue weighted by Crippen LogP contribution is 2.23. The zero-order chi connectivity index (χ0) is 13.7. The molecule has 0 saturated carbocycles. The Labute approximate surface area is 115 Å². The van der Waals surface area contributed by atoms with E-state index in [0.29, 0.717) is 5.92 Å². The lowest BCUT2D eigenvalue weighted by Crippen LogP contribution is -2.20. The zero-order valence-electron chi connectivity index (χ0n) is 11.8. The van der Waals surface area contributed by atoms with E-state index in [4.69, 9.17) is 5.73 Å². The minimum atomic E-state index is -0.287. The summed E-state index contributed by atoms with van der Waals surface area (Å²) in [4.78, 5) is 0. The molecule has 3 unspecified atom stereocenters. The molecule has 2 nitrogen and oxygen atoms in total. The molecule has 0 aliphatic carbocycles. The van der Waals surface area contributed by atoms with Gasteiger partial charge in [-0.25, -0.2) is 0 Å². The molecule has 1 rings (SSSR count). The topological polar surface area (TPSA) is 46.2 Å². The van der Waals surface area contributed by atoms with Gasteiger partial charge >= 0.3 is 0 Å². The normalized spacial score (nSPS) is 16.6. The first-order valence-electron chi connectivity index (χ1n) is 6.57. The summed E-state index contributed by atoms with van der Waals surface area (Å²) in [6.45, 7) is 8.23. The predicted molar refractivity (Wildman–Crippen MR) is 81.1 cm³/mol. The van der Waals surface area contributed by atoms with Gasteiger partial charge in [0.15, 0.2) is 0 Å². The molecule has 0 fully saturated rings. The Morgan fingerprint density at radius 2 is 1.56 bits per heavy atom. The standard InChI is InChI=1S/C15H25NOS/c1-10(2)13-5-7-14(8-6-13)15(16)9-18-12(4)11(3)17/h5-8,10-12,15,17H,9,16H2,1-4H3. The Bertz CT molecular complexity index is 348. The maximum atomic E-state index is 9.44. The van der Waals surface area contributed by atoms with Gasteiger partial charge in [-0.05, 0) is 24.0 Å². The van der Waals surface area contributed by atoms with Crippen LogP contribution in [-0.4, -0.2) is 22.2 Å². The van der Waals surface area contributed by atoms with Crippen LogP contribution in [0.15, 0.2) is 24.3 Å². The number of aliphatic hydroxyl groups excluding tert-OH is 1. The molecule has 0 spiro atoms. The van der Waals surface area contributed by atoms with E-state index in [-0.39, 0.29) is 17.4 Å². The fourth-order valence-electron chi connectivity index (χ4n) is 1.62. The van der Waals surface area contributed by atoms with Gasteiger partial charge in [0.1, 0.15) is 0 Å². The maximum absolute atomic E-state index is 9.44. The molecule has 3 atom stereocenters. The molecule has 0 bridgehead atoms. The van der Waals surface area contributed by atoms with E-state index in [9.17, 15) is 5.11 Å². The van der Waals surface area contributed by atoms with E-state index in [1.165, 1.54) is 11.1 Å². The zero-order valence-corrected chi connectivity index (χ0v) is 12.6. The molecular weight excluding hydrogens is 242 g/mol. The van der Waals surface area contributed by atoms with Gasteiger partial charge in [-0.1, -0.05) is 45.0 Å². The number of hydrogen-bond acceptors (Lipinski definition) is 3. The number of aliphatic hydroxyl groups is 1. The summed E-state index contributed by atoms with van der Waals surface area (Å²) in [5.74, 6) is 1.40. The average molecular weight is 267 g/mol. The molecule has 0 heterocycles. The van der Waals surface area contributed by atoms with Crippen molar-refractivity contribution in [3.63, 3.8) is 0 Å². The Morgan fingerprint density at radius 3 is 2.00 bits per heavy atom. The summed E-state index contributed by atoms with van der Waals surface area (Å²) in [7, 11) is 0. The average Bonchev–Trinajstić information content (AvgIpc) is 2.35. The van der Waals surface area contributed by atoms with E-state index in [2.05, 4.69) is 38.1 Å². The smallest absolute Gasteiger partial charge is 0.0628 e. The van der Waals surface area contributed by atoms with E-state index >= 15 is 0 Å². The lowest BCUT2D eigenvalue weighted by atomic mass is 10.00. The SMILES string of the molecule is CC(C)c1ccc(C(N)CSC(C)C(C)O)cc1. The van der Waals surface area contributed by atoms with Gasteiger partial charge in [-0.3, -0.25) is 0 Å². The molecule has 0 aromatic heterocycles. The molecule has 0 aliphatic rings. The summed E-state index contributed by atoms with van der Waals surface area (Å²) < 4.78 is 0. The van der Waals surface area contributed by atoms with Crippen LogP contribution in [0.2, 0.25) is 0 Å². The van der Waals surface area contributed by atoms with Crippen LogP contribution >= 0.6 is 11.8 Å². The highest BCUT2D eigenvalue weighted by atomic mass is 32.2. The minimum absolute atomic E-state index is 0.0393. The molecule has 1 aromatic rings. The number of benzene rings is 1. The monoisotopic (exact) mass is 267 g/mol. The second-order valence-corrected chi connectivity index (χ2v) is 6.62. The van der Waals surface area contributed by atoms with Crippen LogP contribution in [0.3, 0.4) is 0 Å². The third kappa shape index (κ3) is 4.63. The quantitative estimate of drug-likeness (QED) is 0.831. The number of nitrogens with two attached hydrogens (primary N) is 1. The van der Waals surface area contributed by atoms with Crippen LogP contribution in [0.4, 0.5) is 0 Å². The van der Waals surface area contributed by atoms with Crippen molar-refractivity contribution in [1.29, 1.82) is 0 Å². The lowest BCUT2D eigenvalue weighted by Gasteiger charge is -2.18. The van der Waals surface area contributed by atoms with Crippen molar-refractivity contribution >= 4 is 11.8 Å². The molecule has 0 radical (unpaired) electrons. The highest BCUT2D eigenvalue weighted by Gasteiger charge is 2.13. The third-order valence-corrected chi connectivity index (χ3v) is 4.72. The van der Waals surface area contributed by atoms with Crippen molar-refractivity contribution in [2.45, 2.75) is 51.0 Å². The molecule has 1 aromatic carbocycles. The minimum Gasteiger partial charge on any atom is -0.392 e. The van der Waals surface area contributed by atoms with Crippen molar-refractivity contribution in [3.8, 4) is 0 Å². The van der Waals surface area contributed by atoms with E-state index < -0.39 is 0 Å². The van der Waals surface area contributed by atoms with Crippen molar-refractivity contribution in [2.75, 3.05) is 5.75 Å². The Balaban J connectivity index is 2.54. The largest absolute Gasteiger partial charge is 0.392 e. The first-order valence-corrected chi connectivity index (χ1v) is 7.61. The second-order valence-electron chi connectivity index (χ2n) is 5.21. The van der Waals surface area contributed by atoms with Crippen molar-refractivity contribution in [3.05, 3.63) is 35.4 Å². The van der Waals surface area contributed by atoms with Gasteiger partial charge in [-0.15, -0.1) is 0 Å². The Kier molecular flexibility index (Phi) is 6.19. The molecule has 0 saturated heterocycles. The molecule has 3 heteroatoms. The Morgan fingerprint density at radius 1 is 1.06 bits per heavy atom. The molecule has 18 heavy (non-hydrogen) atoms. The van der Waals surface area contributed by atoms with Gasteiger partial charge in [0.2, 0.25) is 0 Å². The van der Waals surface area contributed by atoms with Crippen LogP contribution < -0.4 is 5.73 Å². The van der Waals surface area contributed by atoms with Crippen LogP contribution in [-0.2, 0) is 0 Å².